The minimum absolute atomic E-state index is 0.158. The van der Waals surface area contributed by atoms with E-state index in [1.807, 2.05) is 30.3 Å². The minimum atomic E-state index is -0.268. The predicted molar refractivity (Wildman–Crippen MR) is 154 cm³/mol. The molecular weight excluding hydrogens is 500 g/mol. The Hall–Kier alpha value is -4.85. The monoisotopic (exact) mass is 528 g/mol. The summed E-state index contributed by atoms with van der Waals surface area (Å²) in [5.41, 5.74) is 6.82. The van der Waals surface area contributed by atoms with Crippen LogP contribution in [0.15, 0.2) is 79.1 Å². The molecule has 2 aromatic carbocycles. The Bertz CT molecular complexity index is 1720. The van der Waals surface area contributed by atoms with Crippen molar-refractivity contribution in [1.82, 2.24) is 19.9 Å². The number of nitrogens with one attached hydrogen (secondary N) is 3. The zero-order valence-corrected chi connectivity index (χ0v) is 21.9. The predicted octanol–water partition coefficient (Wildman–Crippen LogP) is 6.67. The van der Waals surface area contributed by atoms with Crippen molar-refractivity contribution in [2.75, 3.05) is 10.6 Å². The van der Waals surface area contributed by atoms with E-state index in [-0.39, 0.29) is 11.8 Å². The molecule has 0 bridgehead atoms. The third kappa shape index (κ3) is 4.84. The van der Waals surface area contributed by atoms with Crippen LogP contribution in [0.3, 0.4) is 0 Å². The van der Waals surface area contributed by atoms with Gasteiger partial charge in [0.1, 0.15) is 17.3 Å². The summed E-state index contributed by atoms with van der Waals surface area (Å²) in [6, 6.07) is 20.6. The summed E-state index contributed by atoms with van der Waals surface area (Å²) in [4.78, 5) is 42.0. The number of hydrogen-bond donors (Lipinski definition) is 3. The lowest BCUT2D eigenvalue weighted by atomic mass is 9.77. The van der Waals surface area contributed by atoms with Crippen molar-refractivity contribution in [1.29, 1.82) is 0 Å². The van der Waals surface area contributed by atoms with Gasteiger partial charge < -0.3 is 15.6 Å². The number of carbonyl (C=O) groups excluding carboxylic acids is 2. The van der Waals surface area contributed by atoms with E-state index in [1.165, 1.54) is 43.2 Å². The molecule has 0 aliphatic heterocycles. The molecule has 0 spiro atoms. The fourth-order valence-corrected chi connectivity index (χ4v) is 5.26. The first kappa shape index (κ1) is 24.2. The van der Waals surface area contributed by atoms with E-state index >= 15 is 0 Å². The summed E-state index contributed by atoms with van der Waals surface area (Å²) in [7, 11) is 0. The van der Waals surface area contributed by atoms with Crippen LogP contribution in [0.25, 0.3) is 22.4 Å². The van der Waals surface area contributed by atoms with Crippen molar-refractivity contribution in [2.24, 2.45) is 0 Å². The van der Waals surface area contributed by atoms with Crippen molar-refractivity contribution in [3.8, 4) is 11.4 Å². The van der Waals surface area contributed by atoms with Gasteiger partial charge in [-0.25, -0.2) is 9.97 Å². The van der Waals surface area contributed by atoms with Crippen molar-refractivity contribution in [3.63, 3.8) is 0 Å². The molecule has 8 heteroatoms. The van der Waals surface area contributed by atoms with Gasteiger partial charge in [-0.1, -0.05) is 18.6 Å². The summed E-state index contributed by atoms with van der Waals surface area (Å²) >= 11 is 0. The number of H-pyrrole nitrogens is 1. The van der Waals surface area contributed by atoms with E-state index in [4.69, 9.17) is 4.98 Å². The van der Waals surface area contributed by atoms with Crippen LogP contribution in [0.1, 0.15) is 75.9 Å². The van der Waals surface area contributed by atoms with E-state index in [2.05, 4.69) is 37.7 Å². The Kier molecular flexibility index (Phi) is 6.07. The van der Waals surface area contributed by atoms with Crippen LogP contribution in [-0.4, -0.2) is 31.8 Å². The molecule has 2 aliphatic rings. The van der Waals surface area contributed by atoms with E-state index in [1.54, 1.807) is 36.7 Å². The van der Waals surface area contributed by atoms with Crippen LogP contribution in [0.5, 0.6) is 0 Å². The third-order valence-corrected chi connectivity index (χ3v) is 7.83. The number of pyridine rings is 2. The highest BCUT2D eigenvalue weighted by molar-refractivity contribution is 6.04. The molecule has 2 amide bonds. The molecule has 198 valence electrons. The summed E-state index contributed by atoms with van der Waals surface area (Å²) in [6.07, 6.45) is 9.48. The normalized spacial score (nSPS) is 15.0. The molecule has 3 aromatic heterocycles. The van der Waals surface area contributed by atoms with Crippen molar-refractivity contribution in [3.05, 3.63) is 102 Å². The number of carbonyl (C=O) groups is 2. The number of fused-ring (bicyclic) bond motifs is 1. The van der Waals surface area contributed by atoms with Gasteiger partial charge in [-0.2, -0.15) is 0 Å². The summed E-state index contributed by atoms with van der Waals surface area (Å²) in [5, 5.41) is 5.80. The molecule has 0 radical (unpaired) electrons. The van der Waals surface area contributed by atoms with Crippen LogP contribution < -0.4 is 10.6 Å². The smallest absolute Gasteiger partial charge is 0.274 e. The minimum Gasteiger partial charge on any atom is -0.337 e. The van der Waals surface area contributed by atoms with Crippen LogP contribution in [0, 0.1) is 0 Å². The third-order valence-electron chi connectivity index (χ3n) is 7.83. The first-order valence-corrected chi connectivity index (χ1v) is 13.7. The highest BCUT2D eigenvalue weighted by Crippen LogP contribution is 2.47. The van der Waals surface area contributed by atoms with Gasteiger partial charge in [0.15, 0.2) is 0 Å². The van der Waals surface area contributed by atoms with Gasteiger partial charge in [0.25, 0.3) is 11.8 Å². The lowest BCUT2D eigenvalue weighted by Gasteiger charge is -2.28. The molecule has 7 rings (SSSR count). The van der Waals surface area contributed by atoms with Gasteiger partial charge in [0, 0.05) is 29.1 Å². The van der Waals surface area contributed by atoms with E-state index < -0.39 is 0 Å². The number of benzene rings is 2. The maximum Gasteiger partial charge on any atom is 0.274 e. The first-order valence-electron chi connectivity index (χ1n) is 13.7. The van der Waals surface area contributed by atoms with Gasteiger partial charge in [-0.05, 0) is 97.2 Å². The second-order valence-corrected chi connectivity index (χ2v) is 10.6. The SMILES string of the molecule is O=C(Nc1cc2nc(-c3ccc(NC(=O)c4ccccn4)cc3)[nH]c2cn1)c1ccc(C2CC2)c(C2CCC2)c1. The van der Waals surface area contributed by atoms with Gasteiger partial charge in [0.2, 0.25) is 0 Å². The van der Waals surface area contributed by atoms with Gasteiger partial charge in [0.05, 0.1) is 17.2 Å². The lowest BCUT2D eigenvalue weighted by molar-refractivity contribution is 0.101. The number of nitrogens with zero attached hydrogens (tertiary/aromatic N) is 3. The molecule has 3 N–H and O–H groups in total. The largest absolute Gasteiger partial charge is 0.337 e. The zero-order chi connectivity index (χ0) is 27.1. The second-order valence-electron chi connectivity index (χ2n) is 10.6. The van der Waals surface area contributed by atoms with Gasteiger partial charge in [-0.15, -0.1) is 0 Å². The van der Waals surface area contributed by atoms with E-state index in [0.29, 0.717) is 45.9 Å². The average molecular weight is 529 g/mol. The fourth-order valence-electron chi connectivity index (χ4n) is 5.26. The molecule has 2 fully saturated rings. The number of amides is 2. The molecule has 3 heterocycles. The molecular formula is C32H28N6O2. The first-order chi connectivity index (χ1) is 19.6. The highest BCUT2D eigenvalue weighted by Gasteiger charge is 2.31. The average Bonchev–Trinajstić information content (AvgIpc) is 3.71. The quantitative estimate of drug-likeness (QED) is 0.218. The van der Waals surface area contributed by atoms with E-state index in [9.17, 15) is 9.59 Å². The lowest BCUT2D eigenvalue weighted by Crippen LogP contribution is -2.16. The number of anilines is 2. The van der Waals surface area contributed by atoms with Crippen LogP contribution >= 0.6 is 0 Å². The highest BCUT2D eigenvalue weighted by atomic mass is 16.2. The standard InChI is InChI=1S/C32H28N6O2/c39-31(22-11-14-24(20-7-8-20)25(16-22)19-4-3-5-19)38-29-17-27-28(18-34-29)37-30(36-27)21-9-12-23(13-10-21)35-32(40)26-6-1-2-15-33-26/h1-2,6,9-20H,3-5,7-8H2,(H,35,40)(H,36,37)(H,34,38,39). The van der Waals surface area contributed by atoms with Crippen LogP contribution in [0.4, 0.5) is 11.5 Å². The van der Waals surface area contributed by atoms with Crippen LogP contribution in [0.2, 0.25) is 0 Å². The van der Waals surface area contributed by atoms with Crippen molar-refractivity contribution < 1.29 is 9.59 Å². The second kappa shape index (κ2) is 10.0. The number of hydrogen-bond acceptors (Lipinski definition) is 5. The Morgan fingerprint density at radius 1 is 0.800 bits per heavy atom. The number of aromatic nitrogens is 4. The summed E-state index contributed by atoms with van der Waals surface area (Å²) in [6.45, 7) is 0. The number of imidazole rings is 1. The molecule has 0 unspecified atom stereocenters. The maximum absolute atomic E-state index is 13.1. The molecule has 2 saturated carbocycles. The molecule has 0 saturated heterocycles. The molecule has 0 atom stereocenters. The zero-order valence-electron chi connectivity index (χ0n) is 21.9. The maximum atomic E-state index is 13.1. The van der Waals surface area contributed by atoms with Gasteiger partial charge in [-0.3, -0.25) is 14.6 Å². The Balaban J connectivity index is 1.06. The summed E-state index contributed by atoms with van der Waals surface area (Å²) < 4.78 is 0. The van der Waals surface area contributed by atoms with E-state index in [0.717, 1.165) is 11.1 Å². The Morgan fingerprint density at radius 3 is 2.35 bits per heavy atom. The van der Waals surface area contributed by atoms with Crippen molar-refractivity contribution >= 4 is 34.4 Å². The number of aromatic amines is 1. The topological polar surface area (TPSA) is 113 Å². The van der Waals surface area contributed by atoms with Crippen molar-refractivity contribution in [2.45, 2.75) is 43.9 Å². The summed E-state index contributed by atoms with van der Waals surface area (Å²) in [5.74, 6) is 1.96. The van der Waals surface area contributed by atoms with Crippen LogP contribution in [-0.2, 0) is 0 Å². The Morgan fingerprint density at radius 2 is 1.62 bits per heavy atom. The molecule has 40 heavy (non-hydrogen) atoms. The molecule has 8 nitrogen and oxygen atoms in total. The van der Waals surface area contributed by atoms with Gasteiger partial charge >= 0.3 is 0 Å². The molecule has 2 aliphatic carbocycles. The molecule has 5 aromatic rings. The fraction of sp³-hybridized carbons (Fsp3) is 0.219. The Labute approximate surface area is 231 Å². The number of rotatable bonds is 7.